The van der Waals surface area contributed by atoms with Crippen LogP contribution in [0.5, 0.6) is 5.75 Å². The Hall–Kier alpha value is -6.45. The zero-order valence-electron chi connectivity index (χ0n) is 42.5. The summed E-state index contributed by atoms with van der Waals surface area (Å²) in [6, 6.07) is 3.94. The number of likely N-dealkylation sites (tertiary alicyclic amines) is 1. The number of hydrogen-bond acceptors (Lipinski definition) is 13. The Morgan fingerprint density at radius 3 is 1.95 bits per heavy atom. The van der Waals surface area contributed by atoms with Gasteiger partial charge in [-0.15, -0.1) is 0 Å². The molecule has 0 aliphatic carbocycles. The van der Waals surface area contributed by atoms with Crippen molar-refractivity contribution < 1.29 is 58.5 Å². The molecule has 7 amide bonds. The molecule has 2 aromatic carbocycles. The minimum absolute atomic E-state index is 0. The Labute approximate surface area is 482 Å². The predicted molar refractivity (Wildman–Crippen MR) is 279 cm³/mol. The normalized spacial score (nSPS) is 16.1. The van der Waals surface area contributed by atoms with E-state index in [-0.39, 0.29) is 115 Å². The second-order valence-corrected chi connectivity index (χ2v) is 18.9. The molecule has 1 aliphatic heterocycles. The Morgan fingerprint density at radius 2 is 1.36 bits per heavy atom. The van der Waals surface area contributed by atoms with Crippen LogP contribution in [0.4, 0.5) is 0 Å². The molecule has 0 unspecified atom stereocenters. The van der Waals surface area contributed by atoms with Gasteiger partial charge in [-0.3, -0.25) is 43.8 Å². The van der Waals surface area contributed by atoms with Gasteiger partial charge in [-0.05, 0) is 60.8 Å². The van der Waals surface area contributed by atoms with Gasteiger partial charge >= 0.3 is 63.3 Å². The first kappa shape index (κ1) is 63.8. The van der Waals surface area contributed by atoms with Gasteiger partial charge in [0.25, 0.3) is 0 Å². The number of carboxylic acid groups (broad SMARTS) is 2. The number of aromatic amines is 1. The number of amides is 7. The van der Waals surface area contributed by atoms with Crippen LogP contribution in [-0.4, -0.2) is 202 Å². The van der Waals surface area contributed by atoms with E-state index in [1.54, 1.807) is 58.0 Å². The van der Waals surface area contributed by atoms with Gasteiger partial charge in [0.15, 0.2) is 5.96 Å². The van der Waals surface area contributed by atoms with Crippen LogP contribution >= 0.6 is 0 Å². The van der Waals surface area contributed by atoms with Crippen molar-refractivity contribution in [3.8, 4) is 5.75 Å². The molecule has 1 aromatic heterocycles. The van der Waals surface area contributed by atoms with Crippen molar-refractivity contribution in [1.29, 1.82) is 5.41 Å². The summed E-state index contributed by atoms with van der Waals surface area (Å²) >= 11 is 0. The van der Waals surface area contributed by atoms with Gasteiger partial charge in [-0.2, -0.15) is 0 Å². The van der Waals surface area contributed by atoms with Gasteiger partial charge in [0.05, 0.1) is 18.8 Å². The average Bonchev–Trinajstić information content (AvgIpc) is 4.08. The molecule has 410 valence electrons. The fourth-order valence-electron chi connectivity index (χ4n) is 8.34. The summed E-state index contributed by atoms with van der Waals surface area (Å²) in [5.41, 5.74) is 12.8. The zero-order valence-corrected chi connectivity index (χ0v) is 42.5. The number of phenols is 1. The number of carbonyl (C=O) groups is 9. The molecule has 0 radical (unpaired) electrons. The van der Waals surface area contributed by atoms with Crippen molar-refractivity contribution in [3.63, 3.8) is 0 Å². The number of carboxylic acids is 2. The first-order valence-electron chi connectivity index (χ1n) is 24.8. The molecule has 3 aromatic rings. The molecule has 1 aliphatic rings. The molecule has 26 heteroatoms. The molecule has 1 saturated heterocycles. The molecule has 9 atom stereocenters. The molecule has 0 saturated carbocycles. The Morgan fingerprint density at radius 1 is 0.763 bits per heavy atom. The van der Waals surface area contributed by atoms with Crippen molar-refractivity contribution in [1.82, 2.24) is 52.1 Å². The van der Waals surface area contributed by atoms with Crippen LogP contribution in [0.2, 0.25) is 0 Å². The number of aromatic nitrogens is 2. The first-order chi connectivity index (χ1) is 35.6. The van der Waals surface area contributed by atoms with Crippen LogP contribution in [0.1, 0.15) is 83.0 Å². The maximum atomic E-state index is 14.6. The van der Waals surface area contributed by atoms with Crippen LogP contribution in [0, 0.1) is 17.2 Å². The second-order valence-electron chi connectivity index (χ2n) is 18.9. The van der Waals surface area contributed by atoms with Gasteiger partial charge < -0.3 is 73.9 Å². The summed E-state index contributed by atoms with van der Waals surface area (Å²) in [7, 11) is 0. The second kappa shape index (κ2) is 31.6. The fraction of sp³-hybridized carbons (Fsp3) is 0.500. The van der Waals surface area contributed by atoms with E-state index < -0.39 is 120 Å². The monoisotopic (exact) mass is 1090 g/mol. The van der Waals surface area contributed by atoms with E-state index in [0.717, 1.165) is 0 Å². The van der Waals surface area contributed by atoms with Crippen LogP contribution in [0.15, 0.2) is 67.1 Å². The van der Waals surface area contributed by atoms with Gasteiger partial charge in [0, 0.05) is 44.2 Å². The number of hydrogen-bond donors (Lipinski definition) is 14. The van der Waals surface area contributed by atoms with E-state index in [2.05, 4.69) is 47.2 Å². The number of nitrogens with zero attached hydrogens (tertiary/aromatic N) is 2. The number of aromatic hydroxyl groups is 1. The average molecular weight is 1090 g/mol. The van der Waals surface area contributed by atoms with E-state index in [4.69, 9.17) is 22.0 Å². The third kappa shape index (κ3) is 20.2. The van der Waals surface area contributed by atoms with E-state index in [9.17, 15) is 53.4 Å². The topological polar surface area (TPSA) is 406 Å². The van der Waals surface area contributed by atoms with Crippen molar-refractivity contribution in [2.75, 3.05) is 13.1 Å². The first-order valence-corrected chi connectivity index (χ1v) is 24.8. The number of guanidine groups is 1. The molecular weight excluding hydrogens is 1010 g/mol. The number of imidazole rings is 1. The summed E-state index contributed by atoms with van der Waals surface area (Å²) in [5.74, 6) is -9.79. The number of phenolic OH excluding ortho intramolecular Hbond substituents is 1. The quantitative estimate of drug-likeness (QED) is 0.0159. The molecule has 4 rings (SSSR count). The Bertz CT molecular complexity index is 2450. The van der Waals surface area contributed by atoms with Gasteiger partial charge in [0.2, 0.25) is 41.4 Å². The van der Waals surface area contributed by atoms with Crippen molar-refractivity contribution >= 4 is 111 Å². The molecule has 2 heterocycles. The summed E-state index contributed by atoms with van der Waals surface area (Å²) in [6.07, 6.45) is 2.93. The van der Waals surface area contributed by atoms with Gasteiger partial charge in [-0.1, -0.05) is 76.6 Å². The predicted octanol–water partition coefficient (Wildman–Crippen LogP) is -1.75. The number of rotatable bonds is 29. The van der Waals surface area contributed by atoms with E-state index in [0.29, 0.717) is 29.7 Å². The number of nitrogens with one attached hydrogen (secondary N) is 9. The third-order valence-electron chi connectivity index (χ3n) is 12.7. The van der Waals surface area contributed by atoms with Gasteiger partial charge in [-0.25, -0.2) is 9.78 Å². The standard InChI is InChI=1S/C50H71N13O12.K.H/c1-5-28(4)41(47(72)59-36(23-31-25-54-26-56-31)48(73)63-20-10-14-38(63)45(70)60-37(49(74)75)22-29-11-7-6-8-12-29)62-44(69)35(21-30-15-17-32(64)18-16-30)58-46(71)40(27(2)3)61-43(68)34(13-9-19-55-50(52)53)57-42(67)33(51)24-39(65)66;;/h6-8,11-12,15-18,25-28,33-38,40-41,64H,5,9-10,13-14,19-24,51H2,1-4H3,(H,54,56)(H,57,67)(H,58,71)(H,59,72)(H,60,70)(H,61,68)(H,62,69)(H,65,66)(H,74,75)(H4,52,53,55);;/t28-,33-,34-,35-,36-,37-,38-,40-,41-;;/m0../s1. The maximum absolute atomic E-state index is 14.6. The van der Waals surface area contributed by atoms with Crippen LogP contribution < -0.4 is 48.7 Å². The Balaban J connectivity index is 0.0000152. The number of aliphatic carboxylic acids is 2. The molecule has 0 spiro atoms. The van der Waals surface area contributed by atoms with Crippen molar-refractivity contribution in [3.05, 3.63) is 83.9 Å². The van der Waals surface area contributed by atoms with Crippen LogP contribution in [0.3, 0.4) is 0 Å². The van der Waals surface area contributed by atoms with E-state index in [1.807, 2.05) is 0 Å². The van der Waals surface area contributed by atoms with E-state index >= 15 is 0 Å². The summed E-state index contributed by atoms with van der Waals surface area (Å²) in [5, 5.41) is 55.1. The molecular formula is C50H72KN13O12. The fourth-order valence-corrected chi connectivity index (χ4v) is 8.34. The number of nitrogens with two attached hydrogens (primary N) is 2. The van der Waals surface area contributed by atoms with Gasteiger partial charge in [0.1, 0.15) is 48.0 Å². The summed E-state index contributed by atoms with van der Waals surface area (Å²) in [6.45, 7) is 6.96. The van der Waals surface area contributed by atoms with Crippen LogP contribution in [0.25, 0.3) is 0 Å². The molecule has 16 N–H and O–H groups in total. The van der Waals surface area contributed by atoms with E-state index in [1.165, 1.54) is 41.7 Å². The summed E-state index contributed by atoms with van der Waals surface area (Å²) < 4.78 is 0. The molecule has 1 fully saturated rings. The van der Waals surface area contributed by atoms with Crippen molar-refractivity contribution in [2.45, 2.75) is 134 Å². The van der Waals surface area contributed by atoms with Crippen LogP contribution in [-0.2, 0) is 62.4 Å². The zero-order chi connectivity index (χ0) is 55.4. The summed E-state index contributed by atoms with van der Waals surface area (Å²) in [4.78, 5) is 130. The SMILES string of the molecule is CC[C@H](C)[C@H](NC(=O)[C@H](Cc1ccc(O)cc1)NC(=O)[C@@H](NC(=O)[C@H](CCCNC(=N)N)NC(=O)[C@@H](N)CC(=O)O)C(C)C)C(=O)N[C@@H](Cc1cnc[nH]1)C(=O)N1CCC[C@H]1C(=O)N[C@@H](Cc1ccccc1)C(=O)O.[KH]. The molecule has 0 bridgehead atoms. The molecule has 25 nitrogen and oxygen atoms in total. The minimum atomic E-state index is -1.51. The number of benzene rings is 2. The van der Waals surface area contributed by atoms with Crippen molar-refractivity contribution in [2.24, 2.45) is 23.3 Å². The Kier molecular flexibility index (Phi) is 26.5. The number of H-pyrrole nitrogens is 1. The number of carbonyl (C=O) groups excluding carboxylic acids is 7. The molecule has 76 heavy (non-hydrogen) atoms. The third-order valence-corrected chi connectivity index (χ3v) is 12.7.